The van der Waals surface area contributed by atoms with Crippen LogP contribution < -0.4 is 5.32 Å². The standard InChI is InChI=1S/C23H21FN2O2/c1-15-4-3-5-18(10-15)14-26-20-11-16(2)28-22(20)12-21(26)23(27)25-13-17-6-8-19(24)9-7-17/h3-12H,13-14H2,1-2H3,(H,25,27). The molecule has 4 nitrogen and oxygen atoms in total. The van der Waals surface area contributed by atoms with Gasteiger partial charge in [0.2, 0.25) is 0 Å². The lowest BCUT2D eigenvalue weighted by atomic mass is 10.1. The Morgan fingerprint density at radius 3 is 2.57 bits per heavy atom. The predicted molar refractivity (Wildman–Crippen MR) is 107 cm³/mol. The summed E-state index contributed by atoms with van der Waals surface area (Å²) in [5.74, 6) is 0.320. The van der Waals surface area contributed by atoms with Crippen LogP contribution in [-0.2, 0) is 13.1 Å². The second-order valence-electron chi connectivity index (χ2n) is 7.02. The molecular weight excluding hydrogens is 355 g/mol. The van der Waals surface area contributed by atoms with Crippen LogP contribution in [0.2, 0.25) is 0 Å². The first kappa shape index (κ1) is 18.0. The Bertz CT molecular complexity index is 1140. The van der Waals surface area contributed by atoms with Crippen LogP contribution in [0.25, 0.3) is 11.1 Å². The van der Waals surface area contributed by atoms with Gasteiger partial charge in [0.15, 0.2) is 5.58 Å². The number of carbonyl (C=O) groups excluding carboxylic acids is 1. The number of aromatic nitrogens is 1. The lowest BCUT2D eigenvalue weighted by molar-refractivity contribution is 0.0942. The highest BCUT2D eigenvalue weighted by molar-refractivity contribution is 5.97. The third kappa shape index (κ3) is 3.69. The van der Waals surface area contributed by atoms with Crippen molar-refractivity contribution in [1.29, 1.82) is 0 Å². The summed E-state index contributed by atoms with van der Waals surface area (Å²) in [6, 6.07) is 18.0. The van der Waals surface area contributed by atoms with Crippen molar-refractivity contribution < 1.29 is 13.6 Å². The largest absolute Gasteiger partial charge is 0.460 e. The van der Waals surface area contributed by atoms with Gasteiger partial charge in [-0.15, -0.1) is 0 Å². The molecule has 0 aliphatic heterocycles. The van der Waals surface area contributed by atoms with Crippen molar-refractivity contribution >= 4 is 17.0 Å². The van der Waals surface area contributed by atoms with Gasteiger partial charge in [-0.3, -0.25) is 4.79 Å². The minimum atomic E-state index is -0.294. The highest BCUT2D eigenvalue weighted by atomic mass is 19.1. The van der Waals surface area contributed by atoms with E-state index in [1.807, 2.05) is 42.7 Å². The average Bonchev–Trinajstić information content (AvgIpc) is 3.18. The Balaban J connectivity index is 1.62. The number of benzene rings is 2. The van der Waals surface area contributed by atoms with Crippen LogP contribution in [0, 0.1) is 19.7 Å². The number of hydrogen-bond donors (Lipinski definition) is 1. The van der Waals surface area contributed by atoms with Crippen molar-refractivity contribution in [3.05, 3.63) is 94.6 Å². The van der Waals surface area contributed by atoms with E-state index >= 15 is 0 Å². The molecule has 28 heavy (non-hydrogen) atoms. The van der Waals surface area contributed by atoms with E-state index in [0.717, 1.165) is 22.4 Å². The molecule has 2 aromatic carbocycles. The highest BCUT2D eigenvalue weighted by Crippen LogP contribution is 2.25. The predicted octanol–water partition coefficient (Wildman–Crippen LogP) is 4.97. The van der Waals surface area contributed by atoms with E-state index in [0.29, 0.717) is 24.4 Å². The summed E-state index contributed by atoms with van der Waals surface area (Å²) in [5, 5.41) is 2.91. The quantitative estimate of drug-likeness (QED) is 0.535. The lowest BCUT2D eigenvalue weighted by Gasteiger charge is -2.11. The zero-order valence-electron chi connectivity index (χ0n) is 15.8. The van der Waals surface area contributed by atoms with E-state index in [9.17, 15) is 9.18 Å². The molecular formula is C23H21FN2O2. The van der Waals surface area contributed by atoms with Gasteiger partial charge in [0, 0.05) is 25.2 Å². The molecule has 5 heteroatoms. The van der Waals surface area contributed by atoms with E-state index < -0.39 is 0 Å². The number of aryl methyl sites for hydroxylation is 2. The molecule has 2 aromatic heterocycles. The topological polar surface area (TPSA) is 47.2 Å². The first-order chi connectivity index (χ1) is 13.5. The van der Waals surface area contributed by atoms with Crippen LogP contribution in [0.4, 0.5) is 4.39 Å². The first-order valence-corrected chi connectivity index (χ1v) is 9.17. The monoisotopic (exact) mass is 376 g/mol. The Morgan fingerprint density at radius 1 is 1.04 bits per heavy atom. The molecule has 0 bridgehead atoms. The van der Waals surface area contributed by atoms with Crippen molar-refractivity contribution in [3.8, 4) is 0 Å². The van der Waals surface area contributed by atoms with Gasteiger partial charge in [0.05, 0.1) is 5.52 Å². The maximum absolute atomic E-state index is 13.1. The Morgan fingerprint density at radius 2 is 1.82 bits per heavy atom. The molecule has 1 N–H and O–H groups in total. The number of furan rings is 1. The molecule has 2 heterocycles. The first-order valence-electron chi connectivity index (χ1n) is 9.17. The van der Waals surface area contributed by atoms with Crippen molar-refractivity contribution in [1.82, 2.24) is 9.88 Å². The maximum atomic E-state index is 13.1. The minimum absolute atomic E-state index is 0.193. The van der Waals surface area contributed by atoms with Crippen LogP contribution in [0.5, 0.6) is 0 Å². The molecule has 142 valence electrons. The van der Waals surface area contributed by atoms with Crippen LogP contribution in [0.3, 0.4) is 0 Å². The molecule has 0 aliphatic rings. The molecule has 1 amide bonds. The number of rotatable bonds is 5. The molecule has 0 fully saturated rings. The van der Waals surface area contributed by atoms with Crippen molar-refractivity contribution in [3.63, 3.8) is 0 Å². The molecule has 4 rings (SSSR count). The number of hydrogen-bond acceptors (Lipinski definition) is 2. The average molecular weight is 376 g/mol. The highest BCUT2D eigenvalue weighted by Gasteiger charge is 2.18. The van der Waals surface area contributed by atoms with E-state index in [-0.39, 0.29) is 11.7 Å². The van der Waals surface area contributed by atoms with Gasteiger partial charge in [-0.25, -0.2) is 4.39 Å². The third-order valence-corrected chi connectivity index (χ3v) is 4.73. The van der Waals surface area contributed by atoms with Gasteiger partial charge in [0.25, 0.3) is 5.91 Å². The Kier molecular flexibility index (Phi) is 4.74. The maximum Gasteiger partial charge on any atom is 0.268 e. The molecule has 0 aliphatic carbocycles. The van der Waals surface area contributed by atoms with E-state index in [4.69, 9.17) is 4.42 Å². The lowest BCUT2D eigenvalue weighted by Crippen LogP contribution is -2.25. The van der Waals surface area contributed by atoms with Crippen LogP contribution in [-0.4, -0.2) is 10.5 Å². The van der Waals surface area contributed by atoms with Gasteiger partial charge in [0.1, 0.15) is 17.3 Å². The molecule has 0 atom stereocenters. The zero-order valence-corrected chi connectivity index (χ0v) is 15.8. The summed E-state index contributed by atoms with van der Waals surface area (Å²) in [7, 11) is 0. The van der Waals surface area contributed by atoms with Gasteiger partial charge < -0.3 is 14.3 Å². The van der Waals surface area contributed by atoms with Crippen LogP contribution >= 0.6 is 0 Å². The van der Waals surface area contributed by atoms with E-state index in [1.165, 1.54) is 17.7 Å². The van der Waals surface area contributed by atoms with Gasteiger partial charge in [-0.1, -0.05) is 42.0 Å². The second-order valence-corrected chi connectivity index (χ2v) is 7.02. The van der Waals surface area contributed by atoms with Crippen LogP contribution in [0.1, 0.15) is 32.9 Å². The second kappa shape index (κ2) is 7.35. The third-order valence-electron chi connectivity index (χ3n) is 4.73. The van der Waals surface area contributed by atoms with E-state index in [1.54, 1.807) is 18.2 Å². The fourth-order valence-corrected chi connectivity index (χ4v) is 3.39. The number of nitrogens with zero attached hydrogens (tertiary/aromatic N) is 1. The molecule has 0 unspecified atom stereocenters. The molecule has 0 radical (unpaired) electrons. The molecule has 4 aromatic rings. The molecule has 0 saturated heterocycles. The normalized spacial score (nSPS) is 11.1. The smallest absolute Gasteiger partial charge is 0.268 e. The van der Waals surface area contributed by atoms with E-state index in [2.05, 4.69) is 11.4 Å². The summed E-state index contributed by atoms with van der Waals surface area (Å²) in [6.45, 7) is 4.84. The van der Waals surface area contributed by atoms with Gasteiger partial charge in [-0.2, -0.15) is 0 Å². The molecule has 0 spiro atoms. The van der Waals surface area contributed by atoms with Crippen LogP contribution in [0.15, 0.2) is 65.1 Å². The number of nitrogens with one attached hydrogen (secondary N) is 1. The summed E-state index contributed by atoms with van der Waals surface area (Å²) in [6.07, 6.45) is 0. The molecule has 0 saturated carbocycles. The zero-order chi connectivity index (χ0) is 19.7. The van der Waals surface area contributed by atoms with Crippen molar-refractivity contribution in [2.45, 2.75) is 26.9 Å². The SMILES string of the molecule is Cc1cccc(Cn2c(C(=O)NCc3ccc(F)cc3)cc3oc(C)cc32)c1. The van der Waals surface area contributed by atoms with Crippen molar-refractivity contribution in [2.24, 2.45) is 0 Å². The summed E-state index contributed by atoms with van der Waals surface area (Å²) in [4.78, 5) is 12.9. The number of halogens is 1. The fraction of sp³-hybridized carbons (Fsp3) is 0.174. The van der Waals surface area contributed by atoms with Gasteiger partial charge in [-0.05, 0) is 37.1 Å². The number of amides is 1. The Labute approximate surface area is 162 Å². The summed E-state index contributed by atoms with van der Waals surface area (Å²) >= 11 is 0. The Hall–Kier alpha value is -3.34. The summed E-state index contributed by atoms with van der Waals surface area (Å²) in [5.41, 5.74) is 5.25. The minimum Gasteiger partial charge on any atom is -0.460 e. The number of carbonyl (C=O) groups is 1. The number of fused-ring (bicyclic) bond motifs is 1. The fourth-order valence-electron chi connectivity index (χ4n) is 3.39. The van der Waals surface area contributed by atoms with Gasteiger partial charge >= 0.3 is 0 Å². The summed E-state index contributed by atoms with van der Waals surface area (Å²) < 4.78 is 20.8. The van der Waals surface area contributed by atoms with Crippen molar-refractivity contribution in [2.75, 3.05) is 0 Å².